The van der Waals surface area contributed by atoms with Crippen LogP contribution >= 0.6 is 0 Å². The minimum atomic E-state index is 0.226. The van der Waals surface area contributed by atoms with E-state index in [-0.39, 0.29) is 6.17 Å². The second kappa shape index (κ2) is 8.55. The van der Waals surface area contributed by atoms with Crippen molar-refractivity contribution >= 4 is 0 Å². The molecular formula is C16H28N6. The van der Waals surface area contributed by atoms with Crippen LogP contribution in [0.1, 0.15) is 18.3 Å². The standard InChI is InChI=1S/C16H28N6/c1-2-7-20-15(4-1)16-21-12-14-13-22(16)11-10-18-6-3-5-17-8-9-19-14/h1-2,4,7,14,16-19,21H,3,5-6,8-13H2. The zero-order valence-electron chi connectivity index (χ0n) is 13.2. The molecule has 22 heavy (non-hydrogen) atoms. The van der Waals surface area contributed by atoms with E-state index in [1.165, 1.54) is 6.42 Å². The van der Waals surface area contributed by atoms with Gasteiger partial charge in [-0.15, -0.1) is 0 Å². The van der Waals surface area contributed by atoms with Crippen LogP contribution in [0.2, 0.25) is 0 Å². The maximum Gasteiger partial charge on any atom is 0.104 e. The maximum atomic E-state index is 4.54. The van der Waals surface area contributed by atoms with Crippen molar-refractivity contribution in [1.82, 2.24) is 31.2 Å². The fourth-order valence-corrected chi connectivity index (χ4v) is 3.20. The molecule has 0 aromatic carbocycles. The van der Waals surface area contributed by atoms with Gasteiger partial charge >= 0.3 is 0 Å². The first kappa shape index (κ1) is 15.8. The van der Waals surface area contributed by atoms with E-state index < -0.39 is 0 Å². The molecule has 6 heteroatoms. The number of pyridine rings is 1. The highest BCUT2D eigenvalue weighted by Gasteiger charge is 2.28. The smallest absolute Gasteiger partial charge is 0.104 e. The van der Waals surface area contributed by atoms with Crippen molar-refractivity contribution in [1.29, 1.82) is 0 Å². The van der Waals surface area contributed by atoms with Crippen molar-refractivity contribution in [3.63, 3.8) is 0 Å². The molecule has 3 atom stereocenters. The molecule has 6 nitrogen and oxygen atoms in total. The van der Waals surface area contributed by atoms with Crippen LogP contribution in [0.25, 0.3) is 0 Å². The molecule has 0 aliphatic carbocycles. The highest BCUT2D eigenvalue weighted by molar-refractivity contribution is 5.10. The van der Waals surface area contributed by atoms with Gasteiger partial charge in [-0.05, 0) is 31.6 Å². The van der Waals surface area contributed by atoms with E-state index >= 15 is 0 Å². The first-order valence-corrected chi connectivity index (χ1v) is 8.46. The minimum Gasteiger partial charge on any atom is -0.315 e. The Labute approximate surface area is 133 Å². The van der Waals surface area contributed by atoms with Gasteiger partial charge in [0.25, 0.3) is 0 Å². The molecule has 2 bridgehead atoms. The number of hydrogen-bond acceptors (Lipinski definition) is 6. The summed E-state index contributed by atoms with van der Waals surface area (Å²) >= 11 is 0. The Morgan fingerprint density at radius 3 is 2.77 bits per heavy atom. The van der Waals surface area contributed by atoms with Crippen LogP contribution in [0.3, 0.4) is 0 Å². The van der Waals surface area contributed by atoms with Gasteiger partial charge in [0.05, 0.1) is 5.69 Å². The van der Waals surface area contributed by atoms with Gasteiger partial charge in [0.1, 0.15) is 6.17 Å². The molecule has 3 unspecified atom stereocenters. The third kappa shape index (κ3) is 4.47. The van der Waals surface area contributed by atoms with Crippen molar-refractivity contribution < 1.29 is 0 Å². The monoisotopic (exact) mass is 304 g/mol. The minimum absolute atomic E-state index is 0.226. The Morgan fingerprint density at radius 2 is 1.91 bits per heavy atom. The van der Waals surface area contributed by atoms with E-state index in [2.05, 4.69) is 43.3 Å². The molecule has 2 aliphatic rings. The van der Waals surface area contributed by atoms with Gasteiger partial charge in [0.15, 0.2) is 0 Å². The molecule has 3 heterocycles. The van der Waals surface area contributed by atoms with E-state index in [0.29, 0.717) is 6.04 Å². The van der Waals surface area contributed by atoms with Gasteiger partial charge in [-0.1, -0.05) is 6.07 Å². The van der Waals surface area contributed by atoms with Crippen LogP contribution in [0.5, 0.6) is 0 Å². The van der Waals surface area contributed by atoms with Gasteiger partial charge in [-0.2, -0.15) is 0 Å². The summed E-state index contributed by atoms with van der Waals surface area (Å²) in [4.78, 5) is 7.04. The van der Waals surface area contributed by atoms with Crippen LogP contribution < -0.4 is 21.3 Å². The van der Waals surface area contributed by atoms with E-state index in [1.807, 2.05) is 12.3 Å². The van der Waals surface area contributed by atoms with Crippen LogP contribution in [-0.4, -0.2) is 68.3 Å². The quantitative estimate of drug-likeness (QED) is 0.562. The Balaban J connectivity index is 1.65. The lowest BCUT2D eigenvalue weighted by Crippen LogP contribution is -2.58. The Bertz CT molecular complexity index is 426. The number of aromatic nitrogens is 1. The van der Waals surface area contributed by atoms with Crippen LogP contribution in [0, 0.1) is 0 Å². The van der Waals surface area contributed by atoms with Crippen molar-refractivity contribution in [3.05, 3.63) is 30.1 Å². The molecule has 3 rings (SSSR count). The van der Waals surface area contributed by atoms with Crippen LogP contribution in [0.15, 0.2) is 24.4 Å². The predicted octanol–water partition coefficient (Wildman–Crippen LogP) is -0.473. The topological polar surface area (TPSA) is 64.2 Å². The van der Waals surface area contributed by atoms with Gasteiger partial charge in [0, 0.05) is 51.5 Å². The number of nitrogens with one attached hydrogen (secondary N) is 4. The molecule has 2 fully saturated rings. The van der Waals surface area contributed by atoms with E-state index in [9.17, 15) is 0 Å². The summed E-state index contributed by atoms with van der Waals surface area (Å²) < 4.78 is 0. The van der Waals surface area contributed by atoms with Crippen molar-refractivity contribution in [2.75, 3.05) is 52.4 Å². The number of fused-ring (bicyclic) bond motifs is 2. The van der Waals surface area contributed by atoms with Gasteiger partial charge in [0.2, 0.25) is 0 Å². The molecule has 0 saturated carbocycles. The Hall–Kier alpha value is -1.05. The highest BCUT2D eigenvalue weighted by atomic mass is 15.3. The summed E-state index contributed by atoms with van der Waals surface area (Å²) in [7, 11) is 0. The van der Waals surface area contributed by atoms with Crippen LogP contribution in [0.4, 0.5) is 0 Å². The predicted molar refractivity (Wildman–Crippen MR) is 88.7 cm³/mol. The fraction of sp³-hybridized carbons (Fsp3) is 0.688. The first-order valence-electron chi connectivity index (χ1n) is 8.46. The summed E-state index contributed by atoms with van der Waals surface area (Å²) in [5.74, 6) is 0. The number of nitrogens with zero attached hydrogens (tertiary/aromatic N) is 2. The molecule has 0 radical (unpaired) electrons. The van der Waals surface area contributed by atoms with Crippen molar-refractivity contribution in [2.24, 2.45) is 0 Å². The zero-order chi connectivity index (χ0) is 15.0. The van der Waals surface area contributed by atoms with Gasteiger partial charge in [-0.25, -0.2) is 0 Å². The van der Waals surface area contributed by atoms with Crippen molar-refractivity contribution in [3.8, 4) is 0 Å². The molecular weight excluding hydrogens is 276 g/mol. The molecule has 4 N–H and O–H groups in total. The lowest BCUT2D eigenvalue weighted by Gasteiger charge is -2.40. The second-order valence-corrected chi connectivity index (χ2v) is 6.06. The molecule has 122 valence electrons. The summed E-state index contributed by atoms with van der Waals surface area (Å²) in [6.45, 7) is 8.37. The molecule has 1 aromatic rings. The summed E-state index contributed by atoms with van der Waals surface area (Å²) in [5, 5.41) is 14.3. The normalized spacial score (nSPS) is 31.5. The third-order valence-corrected chi connectivity index (χ3v) is 4.36. The van der Waals surface area contributed by atoms with Crippen molar-refractivity contribution in [2.45, 2.75) is 18.6 Å². The van der Waals surface area contributed by atoms with E-state index in [4.69, 9.17) is 0 Å². The summed E-state index contributed by atoms with van der Waals surface area (Å²) in [6.07, 6.45) is 3.29. The summed E-state index contributed by atoms with van der Waals surface area (Å²) in [5.41, 5.74) is 1.12. The molecule has 0 spiro atoms. The lowest BCUT2D eigenvalue weighted by molar-refractivity contribution is 0.105. The average molecular weight is 304 g/mol. The summed E-state index contributed by atoms with van der Waals surface area (Å²) in [6, 6.07) is 6.66. The highest BCUT2D eigenvalue weighted by Crippen LogP contribution is 2.19. The Kier molecular flexibility index (Phi) is 6.15. The fourth-order valence-electron chi connectivity index (χ4n) is 3.20. The van der Waals surface area contributed by atoms with Crippen LogP contribution in [-0.2, 0) is 0 Å². The van der Waals surface area contributed by atoms with Gasteiger partial charge in [-0.3, -0.25) is 15.2 Å². The molecule has 2 saturated heterocycles. The Morgan fingerprint density at radius 1 is 1.00 bits per heavy atom. The SMILES string of the molecule is c1ccc(C2NCC3CN2CCNCCCNCCN3)nc1. The molecule has 2 aliphatic heterocycles. The zero-order valence-corrected chi connectivity index (χ0v) is 13.2. The third-order valence-electron chi connectivity index (χ3n) is 4.36. The largest absolute Gasteiger partial charge is 0.315 e. The van der Waals surface area contributed by atoms with E-state index in [1.54, 1.807) is 0 Å². The molecule has 1 aromatic heterocycles. The number of rotatable bonds is 1. The first-order chi connectivity index (χ1) is 10.9. The number of hydrogen-bond donors (Lipinski definition) is 4. The van der Waals surface area contributed by atoms with Gasteiger partial charge < -0.3 is 16.0 Å². The maximum absolute atomic E-state index is 4.54. The van der Waals surface area contributed by atoms with E-state index in [0.717, 1.165) is 58.1 Å². The average Bonchev–Trinajstić information content (AvgIpc) is 2.58. The second-order valence-electron chi connectivity index (χ2n) is 6.06. The molecule has 0 amide bonds. The lowest BCUT2D eigenvalue weighted by atomic mass is 10.1.